The first kappa shape index (κ1) is 8.45. The van der Waals surface area contributed by atoms with Crippen molar-refractivity contribution in [2.45, 2.75) is 25.4 Å². The maximum atomic E-state index is 11.3. The van der Waals surface area contributed by atoms with Crippen LogP contribution in [-0.4, -0.2) is 10.9 Å². The van der Waals surface area contributed by atoms with E-state index in [0.29, 0.717) is 6.42 Å². The van der Waals surface area contributed by atoms with Crippen LogP contribution in [-0.2, 0) is 16.8 Å². The van der Waals surface area contributed by atoms with Crippen LogP contribution >= 0.6 is 0 Å². The quantitative estimate of drug-likeness (QED) is 0.649. The lowest BCUT2D eigenvalue weighted by molar-refractivity contribution is -0.124. The second-order valence-electron chi connectivity index (χ2n) is 3.82. The van der Waals surface area contributed by atoms with Gasteiger partial charge in [-0.3, -0.25) is 4.79 Å². The molecule has 0 amide bonds. The maximum Gasteiger partial charge on any atom is 0.140 e. The Morgan fingerprint density at radius 2 is 2.08 bits per heavy atom. The normalized spacial score (nSPS) is 27.1. The zero-order chi connectivity index (χ0) is 9.47. The van der Waals surface area contributed by atoms with Crippen LogP contribution < -0.4 is 0 Å². The number of benzene rings is 1. The molecule has 2 rings (SSSR count). The van der Waals surface area contributed by atoms with Gasteiger partial charge >= 0.3 is 0 Å². The summed E-state index contributed by atoms with van der Waals surface area (Å²) in [6, 6.07) is 7.58. The fourth-order valence-electron chi connectivity index (χ4n) is 1.95. The Morgan fingerprint density at radius 1 is 1.38 bits per heavy atom. The predicted octanol–water partition coefficient (Wildman–Crippen LogP) is 1.41. The zero-order valence-corrected chi connectivity index (χ0v) is 7.58. The van der Waals surface area contributed by atoms with E-state index in [9.17, 15) is 9.90 Å². The van der Waals surface area contributed by atoms with Crippen molar-refractivity contribution in [1.29, 1.82) is 0 Å². The second-order valence-corrected chi connectivity index (χ2v) is 3.82. The van der Waals surface area contributed by atoms with Gasteiger partial charge in [-0.2, -0.15) is 0 Å². The van der Waals surface area contributed by atoms with Crippen LogP contribution in [0.5, 0.6) is 0 Å². The van der Waals surface area contributed by atoms with Crippen molar-refractivity contribution in [2.75, 3.05) is 0 Å². The average molecular weight is 176 g/mol. The van der Waals surface area contributed by atoms with Crippen LogP contribution in [0.1, 0.15) is 24.5 Å². The van der Waals surface area contributed by atoms with E-state index in [4.69, 9.17) is 0 Å². The molecule has 0 fully saturated rings. The highest BCUT2D eigenvalue weighted by Gasteiger charge is 2.33. The number of carbonyl (C=O) groups is 1. The summed E-state index contributed by atoms with van der Waals surface area (Å²) in [5.41, 5.74) is 0.893. The number of rotatable bonds is 0. The van der Waals surface area contributed by atoms with Gasteiger partial charge in [-0.05, 0) is 18.1 Å². The molecule has 1 aromatic carbocycles. The topological polar surface area (TPSA) is 37.3 Å². The Morgan fingerprint density at radius 3 is 2.85 bits per heavy atom. The van der Waals surface area contributed by atoms with Gasteiger partial charge in [0.1, 0.15) is 5.78 Å². The third kappa shape index (κ3) is 1.38. The highest BCUT2D eigenvalue weighted by Crippen LogP contribution is 2.32. The maximum absolute atomic E-state index is 11.3. The first-order valence-corrected chi connectivity index (χ1v) is 4.42. The van der Waals surface area contributed by atoms with Gasteiger partial charge in [0.25, 0.3) is 0 Å². The number of carbonyl (C=O) groups excluding carboxylic acids is 1. The third-order valence-corrected chi connectivity index (χ3v) is 2.53. The van der Waals surface area contributed by atoms with E-state index in [2.05, 4.69) is 0 Å². The summed E-state index contributed by atoms with van der Waals surface area (Å²) in [4.78, 5) is 11.3. The molecule has 0 spiro atoms. The molecule has 1 atom stereocenters. The first-order valence-electron chi connectivity index (χ1n) is 4.42. The van der Waals surface area contributed by atoms with Crippen molar-refractivity contribution in [2.24, 2.45) is 0 Å². The van der Waals surface area contributed by atoms with Crippen molar-refractivity contribution in [3.05, 3.63) is 35.4 Å². The summed E-state index contributed by atoms with van der Waals surface area (Å²) in [5, 5.41) is 9.98. The number of aliphatic hydroxyl groups is 1. The van der Waals surface area contributed by atoms with Gasteiger partial charge in [-0.15, -0.1) is 0 Å². The van der Waals surface area contributed by atoms with Gasteiger partial charge < -0.3 is 5.11 Å². The van der Waals surface area contributed by atoms with Crippen LogP contribution in [0.3, 0.4) is 0 Å². The zero-order valence-electron chi connectivity index (χ0n) is 7.58. The minimum absolute atomic E-state index is 0.115. The summed E-state index contributed by atoms with van der Waals surface area (Å²) in [7, 11) is 0. The average Bonchev–Trinajstić information content (AvgIpc) is 2.02. The van der Waals surface area contributed by atoms with E-state index >= 15 is 0 Å². The molecule has 13 heavy (non-hydrogen) atoms. The van der Waals surface area contributed by atoms with E-state index in [-0.39, 0.29) is 12.2 Å². The fraction of sp³-hybridized carbons (Fsp3) is 0.364. The molecule has 0 heterocycles. The summed E-state index contributed by atoms with van der Waals surface area (Å²) in [6.45, 7) is 1.70. The largest absolute Gasteiger partial charge is 0.385 e. The summed E-state index contributed by atoms with van der Waals surface area (Å²) >= 11 is 0. The SMILES string of the molecule is CC1(O)CC(=O)Cc2ccccc21. The molecule has 0 saturated carbocycles. The Hall–Kier alpha value is -1.15. The molecule has 2 heteroatoms. The molecule has 0 bridgehead atoms. The second kappa shape index (κ2) is 2.67. The monoisotopic (exact) mass is 176 g/mol. The summed E-state index contributed by atoms with van der Waals surface area (Å²) in [6.07, 6.45) is 0.705. The van der Waals surface area contributed by atoms with Gasteiger partial charge in [-0.1, -0.05) is 24.3 Å². The van der Waals surface area contributed by atoms with Crippen molar-refractivity contribution in [3.63, 3.8) is 0 Å². The Kier molecular flexibility index (Phi) is 1.74. The Balaban J connectivity index is 2.56. The lowest BCUT2D eigenvalue weighted by atomic mass is 9.80. The van der Waals surface area contributed by atoms with Crippen molar-refractivity contribution in [3.8, 4) is 0 Å². The lowest BCUT2D eigenvalue weighted by Crippen LogP contribution is -2.32. The molecule has 1 unspecified atom stereocenters. The van der Waals surface area contributed by atoms with Crippen LogP contribution in [0, 0.1) is 0 Å². The minimum atomic E-state index is -0.966. The highest BCUT2D eigenvalue weighted by molar-refractivity contribution is 5.84. The molecular formula is C11H12O2. The van der Waals surface area contributed by atoms with E-state index in [1.54, 1.807) is 6.92 Å². The summed E-state index contributed by atoms with van der Waals surface area (Å²) in [5.74, 6) is 0.115. The molecular weight excluding hydrogens is 164 g/mol. The van der Waals surface area contributed by atoms with Crippen molar-refractivity contribution in [1.82, 2.24) is 0 Å². The van der Waals surface area contributed by atoms with Crippen molar-refractivity contribution >= 4 is 5.78 Å². The minimum Gasteiger partial charge on any atom is -0.385 e. The molecule has 0 radical (unpaired) electrons. The molecule has 68 valence electrons. The van der Waals surface area contributed by atoms with Crippen LogP contribution in [0.25, 0.3) is 0 Å². The van der Waals surface area contributed by atoms with Gasteiger partial charge in [0, 0.05) is 12.8 Å². The van der Waals surface area contributed by atoms with E-state index < -0.39 is 5.60 Å². The number of fused-ring (bicyclic) bond motifs is 1. The predicted molar refractivity (Wildman–Crippen MR) is 49.3 cm³/mol. The van der Waals surface area contributed by atoms with Crippen molar-refractivity contribution < 1.29 is 9.90 Å². The molecule has 1 N–H and O–H groups in total. The number of hydrogen-bond donors (Lipinski definition) is 1. The number of Topliss-reactive ketones (excluding diaryl/α,β-unsaturated/α-hetero) is 1. The molecule has 0 saturated heterocycles. The Labute approximate surface area is 77.2 Å². The lowest BCUT2D eigenvalue weighted by Gasteiger charge is -2.29. The fourth-order valence-corrected chi connectivity index (χ4v) is 1.95. The first-order chi connectivity index (χ1) is 6.09. The summed E-state index contributed by atoms with van der Waals surface area (Å²) < 4.78 is 0. The number of hydrogen-bond acceptors (Lipinski definition) is 2. The number of ketones is 1. The Bertz CT molecular complexity index is 353. The van der Waals surface area contributed by atoms with Gasteiger partial charge in [0.2, 0.25) is 0 Å². The molecule has 2 nitrogen and oxygen atoms in total. The molecule has 0 aromatic heterocycles. The van der Waals surface area contributed by atoms with E-state index in [1.165, 1.54) is 0 Å². The molecule has 1 aliphatic rings. The smallest absolute Gasteiger partial charge is 0.140 e. The van der Waals surface area contributed by atoms with Gasteiger partial charge in [-0.25, -0.2) is 0 Å². The van der Waals surface area contributed by atoms with Crippen LogP contribution in [0.2, 0.25) is 0 Å². The molecule has 1 aromatic rings. The van der Waals surface area contributed by atoms with Crippen LogP contribution in [0.15, 0.2) is 24.3 Å². The van der Waals surface area contributed by atoms with Crippen LogP contribution in [0.4, 0.5) is 0 Å². The van der Waals surface area contributed by atoms with Gasteiger partial charge in [0.15, 0.2) is 0 Å². The third-order valence-electron chi connectivity index (χ3n) is 2.53. The standard InChI is InChI=1S/C11H12O2/c1-11(13)7-9(12)6-8-4-2-3-5-10(8)11/h2-5,13H,6-7H2,1H3. The molecule has 0 aliphatic heterocycles. The van der Waals surface area contributed by atoms with Gasteiger partial charge in [0.05, 0.1) is 5.60 Å². The van der Waals surface area contributed by atoms with E-state index in [0.717, 1.165) is 11.1 Å². The highest BCUT2D eigenvalue weighted by atomic mass is 16.3. The van der Waals surface area contributed by atoms with E-state index in [1.807, 2.05) is 24.3 Å². The molecule has 1 aliphatic carbocycles.